The van der Waals surface area contributed by atoms with E-state index in [1.807, 2.05) is 23.0 Å². The number of imidazole rings is 1. The second-order valence-corrected chi connectivity index (χ2v) is 6.81. The van der Waals surface area contributed by atoms with Crippen molar-refractivity contribution in [1.82, 2.24) is 24.6 Å². The lowest BCUT2D eigenvalue weighted by Gasteiger charge is -2.21. The molecule has 6 nitrogen and oxygen atoms in total. The monoisotopic (exact) mass is 338 g/mol. The molecule has 0 unspecified atom stereocenters. The van der Waals surface area contributed by atoms with Crippen LogP contribution in [-0.2, 0) is 13.1 Å². The lowest BCUT2D eigenvalue weighted by atomic mass is 10.3. The summed E-state index contributed by atoms with van der Waals surface area (Å²) in [6.07, 6.45) is 6.47. The van der Waals surface area contributed by atoms with Crippen LogP contribution in [0.5, 0.6) is 0 Å². The summed E-state index contributed by atoms with van der Waals surface area (Å²) in [5.41, 5.74) is 3.47. The van der Waals surface area contributed by atoms with Gasteiger partial charge in [-0.3, -0.25) is 9.58 Å². The Hall–Kier alpha value is -2.34. The van der Waals surface area contributed by atoms with Crippen LogP contribution in [0.3, 0.4) is 0 Å². The number of anilines is 1. The largest absolute Gasteiger partial charge is 0.341 e. The molecule has 1 aliphatic rings. The third-order valence-electron chi connectivity index (χ3n) is 4.81. The Balaban J connectivity index is 1.39. The van der Waals surface area contributed by atoms with Gasteiger partial charge < -0.3 is 9.88 Å². The Morgan fingerprint density at radius 2 is 2.04 bits per heavy atom. The van der Waals surface area contributed by atoms with Crippen molar-refractivity contribution in [3.8, 4) is 0 Å². The molecule has 3 aromatic rings. The van der Waals surface area contributed by atoms with E-state index in [0.717, 1.165) is 69.1 Å². The molecule has 0 spiro atoms. The fourth-order valence-electron chi connectivity index (χ4n) is 3.53. The first-order chi connectivity index (χ1) is 12.3. The number of H-pyrrole nitrogens is 1. The van der Waals surface area contributed by atoms with E-state index in [0.29, 0.717) is 0 Å². The minimum absolute atomic E-state index is 0.984. The third kappa shape index (κ3) is 3.69. The van der Waals surface area contributed by atoms with Crippen LogP contribution in [0.2, 0.25) is 0 Å². The highest BCUT2D eigenvalue weighted by Crippen LogP contribution is 2.19. The number of aromatic nitrogens is 4. The topological polar surface area (TPSA) is 53.0 Å². The number of fused-ring (bicyclic) bond motifs is 1. The number of hydrogen-bond acceptors (Lipinski definition) is 4. The standard InChI is InChI=1S/C19H26N6/c1-2-8-25-15-16(13-20-25)14-23-9-5-10-24(12-11-23)19-21-17-6-3-4-7-18(17)22-19/h3-4,6-7,13,15H,2,5,8-12,14H2,1H3,(H,21,22). The zero-order chi connectivity index (χ0) is 17.1. The third-order valence-corrected chi connectivity index (χ3v) is 4.81. The molecule has 25 heavy (non-hydrogen) atoms. The number of benzene rings is 1. The van der Waals surface area contributed by atoms with E-state index < -0.39 is 0 Å². The summed E-state index contributed by atoms with van der Waals surface area (Å²) in [5.74, 6) is 0.999. The Bertz CT molecular complexity index is 787. The number of aryl methyl sites for hydroxylation is 1. The second-order valence-electron chi connectivity index (χ2n) is 6.81. The van der Waals surface area contributed by atoms with Gasteiger partial charge in [0.1, 0.15) is 0 Å². The van der Waals surface area contributed by atoms with Crippen molar-refractivity contribution >= 4 is 17.0 Å². The number of hydrogen-bond donors (Lipinski definition) is 1. The maximum atomic E-state index is 4.75. The molecule has 0 amide bonds. The number of aromatic amines is 1. The van der Waals surface area contributed by atoms with Gasteiger partial charge in [-0.05, 0) is 25.0 Å². The first-order valence-electron chi connectivity index (χ1n) is 9.25. The highest BCUT2D eigenvalue weighted by molar-refractivity contribution is 5.77. The van der Waals surface area contributed by atoms with Crippen LogP contribution in [-0.4, -0.2) is 50.8 Å². The summed E-state index contributed by atoms with van der Waals surface area (Å²) < 4.78 is 2.05. The Morgan fingerprint density at radius 3 is 2.92 bits per heavy atom. The van der Waals surface area contributed by atoms with Crippen LogP contribution in [0.15, 0.2) is 36.7 Å². The smallest absolute Gasteiger partial charge is 0.203 e. The second kappa shape index (κ2) is 7.27. The summed E-state index contributed by atoms with van der Waals surface area (Å²) in [4.78, 5) is 13.1. The molecule has 1 aromatic carbocycles. The molecule has 1 saturated heterocycles. The van der Waals surface area contributed by atoms with E-state index in [2.05, 4.69) is 45.1 Å². The Kier molecular flexibility index (Phi) is 4.70. The van der Waals surface area contributed by atoms with E-state index in [4.69, 9.17) is 4.98 Å². The summed E-state index contributed by atoms with van der Waals surface area (Å²) in [5, 5.41) is 4.45. The van der Waals surface area contributed by atoms with Crippen molar-refractivity contribution in [2.75, 3.05) is 31.1 Å². The van der Waals surface area contributed by atoms with Crippen molar-refractivity contribution in [3.05, 3.63) is 42.2 Å². The van der Waals surface area contributed by atoms with Crippen LogP contribution < -0.4 is 4.90 Å². The summed E-state index contributed by atoms with van der Waals surface area (Å²) in [6.45, 7) is 8.39. The summed E-state index contributed by atoms with van der Waals surface area (Å²) in [6, 6.07) is 8.24. The SMILES string of the molecule is CCCn1cc(CN2CCCN(c3nc4ccccc4[nH]3)CC2)cn1. The van der Waals surface area contributed by atoms with E-state index in [1.54, 1.807) is 0 Å². The molecule has 1 fully saturated rings. The molecule has 4 rings (SSSR count). The Morgan fingerprint density at radius 1 is 1.12 bits per heavy atom. The van der Waals surface area contributed by atoms with Gasteiger partial charge in [0.25, 0.3) is 0 Å². The summed E-state index contributed by atoms with van der Waals surface area (Å²) >= 11 is 0. The zero-order valence-electron chi connectivity index (χ0n) is 14.9. The minimum atomic E-state index is 0.984. The molecule has 0 radical (unpaired) electrons. The predicted octanol–water partition coefficient (Wildman–Crippen LogP) is 2.88. The molecule has 6 heteroatoms. The van der Waals surface area contributed by atoms with Gasteiger partial charge in [-0.2, -0.15) is 5.10 Å². The van der Waals surface area contributed by atoms with E-state index >= 15 is 0 Å². The number of nitrogens with one attached hydrogen (secondary N) is 1. The van der Waals surface area contributed by atoms with Crippen molar-refractivity contribution < 1.29 is 0 Å². The first-order valence-corrected chi connectivity index (χ1v) is 9.25. The highest BCUT2D eigenvalue weighted by atomic mass is 15.3. The van der Waals surface area contributed by atoms with Crippen LogP contribution in [0.25, 0.3) is 11.0 Å². The van der Waals surface area contributed by atoms with Gasteiger partial charge in [-0.15, -0.1) is 0 Å². The summed E-state index contributed by atoms with van der Waals surface area (Å²) in [7, 11) is 0. The van der Waals surface area contributed by atoms with Gasteiger partial charge in [-0.1, -0.05) is 19.1 Å². The molecule has 0 saturated carbocycles. The quantitative estimate of drug-likeness (QED) is 0.777. The van der Waals surface area contributed by atoms with Crippen LogP contribution in [0.4, 0.5) is 5.95 Å². The number of nitrogens with zero attached hydrogens (tertiary/aromatic N) is 5. The lowest BCUT2D eigenvalue weighted by molar-refractivity contribution is 0.285. The van der Waals surface area contributed by atoms with E-state index in [-0.39, 0.29) is 0 Å². The zero-order valence-corrected chi connectivity index (χ0v) is 14.9. The van der Waals surface area contributed by atoms with Gasteiger partial charge in [0.15, 0.2) is 0 Å². The molecule has 3 heterocycles. The van der Waals surface area contributed by atoms with Crippen molar-refractivity contribution in [3.63, 3.8) is 0 Å². The fraction of sp³-hybridized carbons (Fsp3) is 0.474. The van der Waals surface area contributed by atoms with Crippen LogP contribution >= 0.6 is 0 Å². The molecule has 1 N–H and O–H groups in total. The Labute approximate surface area is 148 Å². The first kappa shape index (κ1) is 16.1. The van der Waals surface area contributed by atoms with Gasteiger partial charge in [0, 0.05) is 51.0 Å². The van der Waals surface area contributed by atoms with E-state index in [1.165, 1.54) is 5.56 Å². The maximum Gasteiger partial charge on any atom is 0.203 e. The molecular weight excluding hydrogens is 312 g/mol. The lowest BCUT2D eigenvalue weighted by Crippen LogP contribution is -2.31. The average Bonchev–Trinajstić information content (AvgIpc) is 3.17. The van der Waals surface area contributed by atoms with Crippen molar-refractivity contribution in [2.24, 2.45) is 0 Å². The molecule has 0 bridgehead atoms. The minimum Gasteiger partial charge on any atom is -0.341 e. The predicted molar refractivity (Wildman–Crippen MR) is 101 cm³/mol. The molecule has 0 atom stereocenters. The van der Waals surface area contributed by atoms with Gasteiger partial charge in [0.05, 0.1) is 17.2 Å². The molecular formula is C19H26N6. The van der Waals surface area contributed by atoms with Crippen LogP contribution in [0, 0.1) is 0 Å². The maximum absolute atomic E-state index is 4.75. The fourth-order valence-corrected chi connectivity index (χ4v) is 3.53. The molecule has 2 aromatic heterocycles. The van der Waals surface area contributed by atoms with Gasteiger partial charge in [0.2, 0.25) is 5.95 Å². The van der Waals surface area contributed by atoms with Crippen molar-refractivity contribution in [1.29, 1.82) is 0 Å². The number of rotatable bonds is 5. The number of para-hydroxylation sites is 2. The normalized spacial score (nSPS) is 16.4. The molecule has 132 valence electrons. The van der Waals surface area contributed by atoms with Gasteiger partial charge >= 0.3 is 0 Å². The molecule has 1 aliphatic heterocycles. The average molecular weight is 338 g/mol. The van der Waals surface area contributed by atoms with Crippen molar-refractivity contribution in [2.45, 2.75) is 32.9 Å². The van der Waals surface area contributed by atoms with Crippen LogP contribution in [0.1, 0.15) is 25.3 Å². The molecule has 0 aliphatic carbocycles. The van der Waals surface area contributed by atoms with Gasteiger partial charge in [-0.25, -0.2) is 4.98 Å². The van der Waals surface area contributed by atoms with E-state index in [9.17, 15) is 0 Å². The highest BCUT2D eigenvalue weighted by Gasteiger charge is 2.18.